The molecule has 0 aliphatic heterocycles. The SMILES string of the molecule is CCCCOc1ncccc1CNCc1ncc[nH]1. The number of nitrogens with one attached hydrogen (secondary N) is 2. The Kier molecular flexibility index (Phi) is 5.37. The third-order valence-corrected chi connectivity index (χ3v) is 2.75. The molecule has 0 saturated carbocycles. The zero-order valence-electron chi connectivity index (χ0n) is 11.2. The van der Waals surface area contributed by atoms with E-state index in [1.807, 2.05) is 18.3 Å². The first-order chi connectivity index (χ1) is 9.40. The summed E-state index contributed by atoms with van der Waals surface area (Å²) >= 11 is 0. The molecular formula is C14H20N4O. The predicted molar refractivity (Wildman–Crippen MR) is 73.8 cm³/mol. The number of hydrogen-bond donors (Lipinski definition) is 2. The molecule has 0 unspecified atom stereocenters. The second-order valence-corrected chi connectivity index (χ2v) is 4.31. The Labute approximate surface area is 113 Å². The first-order valence-electron chi connectivity index (χ1n) is 6.66. The van der Waals surface area contributed by atoms with Gasteiger partial charge in [0, 0.05) is 30.7 Å². The quantitative estimate of drug-likeness (QED) is 0.715. The van der Waals surface area contributed by atoms with E-state index in [1.54, 1.807) is 12.4 Å². The molecule has 102 valence electrons. The van der Waals surface area contributed by atoms with Crippen molar-refractivity contribution in [3.05, 3.63) is 42.1 Å². The van der Waals surface area contributed by atoms with Crippen LogP contribution in [0, 0.1) is 0 Å². The average Bonchev–Trinajstić information content (AvgIpc) is 2.94. The molecule has 5 nitrogen and oxygen atoms in total. The van der Waals surface area contributed by atoms with Crippen LogP contribution < -0.4 is 10.1 Å². The third kappa shape index (κ3) is 4.37. The Morgan fingerprint density at radius 3 is 3.00 bits per heavy atom. The molecule has 0 spiro atoms. The lowest BCUT2D eigenvalue weighted by atomic mass is 10.2. The Balaban J connectivity index is 1.84. The van der Waals surface area contributed by atoms with Crippen molar-refractivity contribution >= 4 is 0 Å². The molecule has 0 aliphatic rings. The maximum Gasteiger partial charge on any atom is 0.217 e. The van der Waals surface area contributed by atoms with Crippen LogP contribution in [0.15, 0.2) is 30.7 Å². The zero-order valence-corrected chi connectivity index (χ0v) is 11.2. The van der Waals surface area contributed by atoms with E-state index in [-0.39, 0.29) is 0 Å². The fourth-order valence-electron chi connectivity index (χ4n) is 1.71. The van der Waals surface area contributed by atoms with E-state index in [1.165, 1.54) is 0 Å². The number of H-pyrrole nitrogens is 1. The number of imidazole rings is 1. The summed E-state index contributed by atoms with van der Waals surface area (Å²) in [6.45, 7) is 4.29. The number of aromatic nitrogens is 3. The first kappa shape index (κ1) is 13.5. The molecular weight excluding hydrogens is 240 g/mol. The smallest absolute Gasteiger partial charge is 0.217 e. The zero-order chi connectivity index (χ0) is 13.3. The molecule has 5 heteroatoms. The van der Waals surface area contributed by atoms with E-state index in [0.717, 1.165) is 43.3 Å². The highest BCUT2D eigenvalue weighted by molar-refractivity contribution is 5.25. The van der Waals surface area contributed by atoms with Crippen molar-refractivity contribution in [2.24, 2.45) is 0 Å². The van der Waals surface area contributed by atoms with Crippen LogP contribution in [0.5, 0.6) is 5.88 Å². The number of pyridine rings is 1. The van der Waals surface area contributed by atoms with Gasteiger partial charge >= 0.3 is 0 Å². The molecule has 0 bridgehead atoms. The largest absolute Gasteiger partial charge is 0.477 e. The summed E-state index contributed by atoms with van der Waals surface area (Å²) in [6, 6.07) is 3.96. The second-order valence-electron chi connectivity index (χ2n) is 4.31. The van der Waals surface area contributed by atoms with Crippen LogP contribution in [0.25, 0.3) is 0 Å². The monoisotopic (exact) mass is 260 g/mol. The summed E-state index contributed by atoms with van der Waals surface area (Å²) in [7, 11) is 0. The van der Waals surface area contributed by atoms with E-state index in [0.29, 0.717) is 6.54 Å². The minimum absolute atomic E-state index is 0.705. The topological polar surface area (TPSA) is 62.8 Å². The Bertz CT molecular complexity index is 470. The van der Waals surface area contributed by atoms with Crippen LogP contribution in [0.3, 0.4) is 0 Å². The Morgan fingerprint density at radius 1 is 1.26 bits per heavy atom. The fraction of sp³-hybridized carbons (Fsp3) is 0.429. The first-order valence-corrected chi connectivity index (χ1v) is 6.66. The molecule has 2 aromatic heterocycles. The molecule has 2 rings (SSSR count). The van der Waals surface area contributed by atoms with Crippen molar-refractivity contribution in [1.29, 1.82) is 0 Å². The molecule has 0 atom stereocenters. The minimum Gasteiger partial charge on any atom is -0.477 e. The van der Waals surface area contributed by atoms with Crippen molar-refractivity contribution in [3.8, 4) is 5.88 Å². The highest BCUT2D eigenvalue weighted by Crippen LogP contribution is 2.14. The molecule has 0 radical (unpaired) electrons. The number of ether oxygens (including phenoxy) is 1. The van der Waals surface area contributed by atoms with Crippen molar-refractivity contribution in [2.45, 2.75) is 32.9 Å². The maximum absolute atomic E-state index is 5.69. The van der Waals surface area contributed by atoms with E-state index in [4.69, 9.17) is 4.74 Å². The third-order valence-electron chi connectivity index (χ3n) is 2.75. The molecule has 2 aromatic rings. The number of nitrogens with zero attached hydrogens (tertiary/aromatic N) is 2. The van der Waals surface area contributed by atoms with Gasteiger partial charge in [0.1, 0.15) is 5.82 Å². The number of rotatable bonds is 8. The van der Waals surface area contributed by atoms with Gasteiger partial charge in [-0.05, 0) is 12.5 Å². The van der Waals surface area contributed by atoms with Crippen LogP contribution in [0.1, 0.15) is 31.2 Å². The van der Waals surface area contributed by atoms with Gasteiger partial charge in [-0.3, -0.25) is 0 Å². The summed E-state index contributed by atoms with van der Waals surface area (Å²) in [6.07, 6.45) is 7.51. The highest BCUT2D eigenvalue weighted by Gasteiger charge is 2.04. The predicted octanol–water partition coefficient (Wildman–Crippen LogP) is 2.27. The van der Waals surface area contributed by atoms with E-state index < -0.39 is 0 Å². The minimum atomic E-state index is 0.705. The van der Waals surface area contributed by atoms with Gasteiger partial charge in [-0.25, -0.2) is 9.97 Å². The lowest BCUT2D eigenvalue weighted by molar-refractivity contribution is 0.293. The lowest BCUT2D eigenvalue weighted by Crippen LogP contribution is -2.15. The Morgan fingerprint density at radius 2 is 2.21 bits per heavy atom. The molecule has 0 saturated heterocycles. The molecule has 0 fully saturated rings. The van der Waals surface area contributed by atoms with E-state index >= 15 is 0 Å². The maximum atomic E-state index is 5.69. The van der Waals surface area contributed by atoms with E-state index in [9.17, 15) is 0 Å². The summed E-state index contributed by atoms with van der Waals surface area (Å²) in [5.41, 5.74) is 1.07. The highest BCUT2D eigenvalue weighted by atomic mass is 16.5. The van der Waals surface area contributed by atoms with Gasteiger partial charge in [-0.1, -0.05) is 19.4 Å². The molecule has 19 heavy (non-hydrogen) atoms. The van der Waals surface area contributed by atoms with E-state index in [2.05, 4.69) is 27.2 Å². The van der Waals surface area contributed by atoms with Crippen molar-refractivity contribution < 1.29 is 4.74 Å². The van der Waals surface area contributed by atoms with Gasteiger partial charge in [0.15, 0.2) is 0 Å². The van der Waals surface area contributed by atoms with Crippen LogP contribution in [-0.4, -0.2) is 21.6 Å². The van der Waals surface area contributed by atoms with Crippen LogP contribution in [0.2, 0.25) is 0 Å². The van der Waals surface area contributed by atoms with Crippen LogP contribution in [0.4, 0.5) is 0 Å². The summed E-state index contributed by atoms with van der Waals surface area (Å²) < 4.78 is 5.69. The van der Waals surface area contributed by atoms with Gasteiger partial charge in [-0.15, -0.1) is 0 Å². The van der Waals surface area contributed by atoms with Crippen molar-refractivity contribution in [2.75, 3.05) is 6.61 Å². The Hall–Kier alpha value is -1.88. The number of hydrogen-bond acceptors (Lipinski definition) is 4. The van der Waals surface area contributed by atoms with Gasteiger partial charge in [0.25, 0.3) is 0 Å². The normalized spacial score (nSPS) is 10.6. The van der Waals surface area contributed by atoms with Gasteiger partial charge in [0.05, 0.1) is 13.2 Å². The fourth-order valence-corrected chi connectivity index (χ4v) is 1.71. The van der Waals surface area contributed by atoms with Crippen LogP contribution >= 0.6 is 0 Å². The van der Waals surface area contributed by atoms with Gasteiger partial charge in [-0.2, -0.15) is 0 Å². The van der Waals surface area contributed by atoms with Crippen molar-refractivity contribution in [1.82, 2.24) is 20.3 Å². The average molecular weight is 260 g/mol. The summed E-state index contributed by atoms with van der Waals surface area (Å²) in [4.78, 5) is 11.5. The second kappa shape index (κ2) is 7.53. The number of aromatic amines is 1. The lowest BCUT2D eigenvalue weighted by Gasteiger charge is -2.10. The molecule has 2 N–H and O–H groups in total. The molecule has 0 aliphatic carbocycles. The number of unbranched alkanes of at least 4 members (excludes halogenated alkanes) is 1. The van der Waals surface area contributed by atoms with Gasteiger partial charge in [0.2, 0.25) is 5.88 Å². The summed E-state index contributed by atoms with van der Waals surface area (Å²) in [5.74, 6) is 1.65. The van der Waals surface area contributed by atoms with Gasteiger partial charge < -0.3 is 15.0 Å². The molecule has 2 heterocycles. The summed E-state index contributed by atoms with van der Waals surface area (Å²) in [5, 5.41) is 3.32. The van der Waals surface area contributed by atoms with Crippen molar-refractivity contribution in [3.63, 3.8) is 0 Å². The standard InChI is InChI=1S/C14H20N4O/c1-2-3-9-19-14-12(5-4-6-18-14)10-15-11-13-16-7-8-17-13/h4-8,15H,2-3,9-11H2,1H3,(H,16,17). The molecule has 0 amide bonds. The van der Waals surface area contributed by atoms with Crippen LogP contribution in [-0.2, 0) is 13.1 Å². The molecule has 0 aromatic carbocycles.